The molecule has 0 aromatic rings. The molecule has 0 fully saturated rings. The number of esters is 3. The summed E-state index contributed by atoms with van der Waals surface area (Å²) in [6.45, 7) is 4.39. The summed E-state index contributed by atoms with van der Waals surface area (Å²) >= 11 is 0. The van der Waals surface area contributed by atoms with Gasteiger partial charge in [0.2, 0.25) is 0 Å². The minimum absolute atomic E-state index is 0.0587. The number of carbonyl (C=O) groups excluding carboxylic acids is 3. The number of phosphoric ester groups is 1. The number of phosphoric acid groups is 1. The van der Waals surface area contributed by atoms with E-state index in [4.69, 9.17) is 23.3 Å². The molecule has 0 saturated heterocycles. The van der Waals surface area contributed by atoms with Gasteiger partial charge in [0.15, 0.2) is 6.10 Å². The standard InChI is InChI=1S/C64H109O11P/c1-4-7-10-13-16-19-22-25-28-29-30-31-34-37-40-43-46-49-52-55-64(68)75-61(57-71-62(66)53-50-47-44-41-38-35-32-26-23-20-17-14-11-8-5-2)59-73-76(69,70)72-58-60(56-65)74-63(67)54-51-48-45-42-39-36-33-27-24-21-18-15-12-9-6-3/h9,12,16,18-19,21,25-28,32-33,39,42,48,51,60-61,65H,4-8,10-11,13-15,17,20,22-24,29-31,34-38,40-41,43-47,49-50,52-59H2,1-3H3,(H,69,70)/b12-9-,19-16-,21-18-,28-25-,32-26-,33-27-,42-39-,51-48-. The molecule has 2 N–H and O–H groups in total. The Morgan fingerprint density at radius 2 is 0.737 bits per heavy atom. The van der Waals surface area contributed by atoms with Gasteiger partial charge in [-0.25, -0.2) is 4.57 Å². The number of hydrogen-bond acceptors (Lipinski definition) is 10. The second kappa shape index (κ2) is 57.6. The van der Waals surface area contributed by atoms with Crippen molar-refractivity contribution in [2.75, 3.05) is 26.4 Å². The highest BCUT2D eigenvalue weighted by Gasteiger charge is 2.28. The van der Waals surface area contributed by atoms with Gasteiger partial charge in [0.25, 0.3) is 0 Å². The van der Waals surface area contributed by atoms with Gasteiger partial charge in [0.1, 0.15) is 12.7 Å². The van der Waals surface area contributed by atoms with E-state index in [-0.39, 0.29) is 25.9 Å². The summed E-state index contributed by atoms with van der Waals surface area (Å²) in [5, 5.41) is 9.80. The highest BCUT2D eigenvalue weighted by Crippen LogP contribution is 2.43. The van der Waals surface area contributed by atoms with Crippen LogP contribution in [0.25, 0.3) is 0 Å². The fraction of sp³-hybridized carbons (Fsp3) is 0.703. The fourth-order valence-electron chi connectivity index (χ4n) is 7.93. The maximum absolute atomic E-state index is 12.9. The quantitative estimate of drug-likeness (QED) is 0.0197. The minimum Gasteiger partial charge on any atom is -0.462 e. The molecule has 0 aliphatic heterocycles. The molecule has 12 heteroatoms. The molecule has 0 aliphatic carbocycles. The van der Waals surface area contributed by atoms with Gasteiger partial charge < -0.3 is 24.2 Å². The Morgan fingerprint density at radius 1 is 0.395 bits per heavy atom. The SMILES string of the molecule is CC/C=C\C/C=C\C/C=C\C/C=C\C/C=C\CC(=O)OC(CO)COP(=O)(O)OCC(COC(=O)CCCCCCC/C=C\CCCCCCCC)OC(=O)CCCCCCCCCCC/C=C\C/C=C\CCCCC. The van der Waals surface area contributed by atoms with Crippen molar-refractivity contribution in [1.29, 1.82) is 0 Å². The molecular weight excluding hydrogens is 976 g/mol. The van der Waals surface area contributed by atoms with E-state index in [2.05, 4.69) is 93.7 Å². The molecule has 3 atom stereocenters. The van der Waals surface area contributed by atoms with Gasteiger partial charge in [0, 0.05) is 12.8 Å². The van der Waals surface area contributed by atoms with E-state index in [9.17, 15) is 28.9 Å². The third-order valence-electron chi connectivity index (χ3n) is 12.5. The molecule has 11 nitrogen and oxygen atoms in total. The first-order chi connectivity index (χ1) is 37.2. The Balaban J connectivity index is 4.81. The van der Waals surface area contributed by atoms with E-state index in [0.717, 1.165) is 96.3 Å². The number of unbranched alkanes of at least 4 members (excludes halogenated alkanes) is 23. The van der Waals surface area contributed by atoms with Gasteiger partial charge in [-0.2, -0.15) is 0 Å². The molecule has 0 heterocycles. The maximum Gasteiger partial charge on any atom is 0.472 e. The van der Waals surface area contributed by atoms with Crippen LogP contribution in [0.1, 0.15) is 252 Å². The minimum atomic E-state index is -4.78. The summed E-state index contributed by atoms with van der Waals surface area (Å²) < 4.78 is 39.5. The van der Waals surface area contributed by atoms with Crippen molar-refractivity contribution in [2.24, 2.45) is 0 Å². The van der Waals surface area contributed by atoms with Crippen LogP contribution in [0.3, 0.4) is 0 Å². The first kappa shape index (κ1) is 72.4. The second-order valence-electron chi connectivity index (χ2n) is 19.8. The molecule has 0 aromatic heterocycles. The Morgan fingerprint density at radius 3 is 1.20 bits per heavy atom. The summed E-state index contributed by atoms with van der Waals surface area (Å²) in [6, 6.07) is 0. The summed E-state index contributed by atoms with van der Waals surface area (Å²) in [7, 11) is -4.78. The molecule has 0 spiro atoms. The van der Waals surface area contributed by atoms with Gasteiger partial charge in [-0.05, 0) is 103 Å². The van der Waals surface area contributed by atoms with Crippen LogP contribution < -0.4 is 0 Å². The highest BCUT2D eigenvalue weighted by molar-refractivity contribution is 7.47. The number of aliphatic hydroxyl groups excluding tert-OH is 1. The maximum atomic E-state index is 12.9. The van der Waals surface area contributed by atoms with E-state index in [1.807, 2.05) is 18.2 Å². The molecular formula is C64H109O11P. The predicted molar refractivity (Wildman–Crippen MR) is 316 cm³/mol. The van der Waals surface area contributed by atoms with Gasteiger partial charge in [-0.15, -0.1) is 0 Å². The van der Waals surface area contributed by atoms with Crippen LogP contribution >= 0.6 is 7.82 Å². The largest absolute Gasteiger partial charge is 0.472 e. The summed E-state index contributed by atoms with van der Waals surface area (Å²) in [5.74, 6) is -1.62. The van der Waals surface area contributed by atoms with Crippen molar-refractivity contribution < 1.29 is 52.2 Å². The summed E-state index contributed by atoms with van der Waals surface area (Å²) in [4.78, 5) is 48.6. The van der Waals surface area contributed by atoms with E-state index in [1.54, 1.807) is 6.08 Å². The van der Waals surface area contributed by atoms with Crippen LogP contribution in [-0.2, 0) is 42.2 Å². The van der Waals surface area contributed by atoms with E-state index in [0.29, 0.717) is 19.3 Å². The normalized spacial score (nSPS) is 14.0. The van der Waals surface area contributed by atoms with Gasteiger partial charge >= 0.3 is 25.7 Å². The lowest BCUT2D eigenvalue weighted by Crippen LogP contribution is -2.30. The van der Waals surface area contributed by atoms with Gasteiger partial charge in [0.05, 0.1) is 26.2 Å². The number of hydrogen-bond donors (Lipinski definition) is 2. The molecule has 0 aromatic carbocycles. The molecule has 0 saturated carbocycles. The zero-order chi connectivity index (χ0) is 55.5. The van der Waals surface area contributed by atoms with Crippen molar-refractivity contribution in [1.82, 2.24) is 0 Å². The fourth-order valence-corrected chi connectivity index (χ4v) is 8.71. The molecule has 76 heavy (non-hydrogen) atoms. The van der Waals surface area contributed by atoms with Gasteiger partial charge in [-0.1, -0.05) is 227 Å². The lowest BCUT2D eigenvalue weighted by atomic mass is 10.1. The molecule has 3 unspecified atom stereocenters. The molecule has 0 amide bonds. The first-order valence-electron chi connectivity index (χ1n) is 30.1. The van der Waals surface area contributed by atoms with Gasteiger partial charge in [-0.3, -0.25) is 23.4 Å². The van der Waals surface area contributed by atoms with Crippen molar-refractivity contribution in [3.05, 3.63) is 97.2 Å². The number of ether oxygens (including phenoxy) is 3. The van der Waals surface area contributed by atoms with Crippen LogP contribution in [0.2, 0.25) is 0 Å². The van der Waals surface area contributed by atoms with E-state index >= 15 is 0 Å². The lowest BCUT2D eigenvalue weighted by molar-refractivity contribution is -0.161. The predicted octanol–water partition coefficient (Wildman–Crippen LogP) is 18.0. The molecule has 0 aliphatic rings. The first-order valence-corrected chi connectivity index (χ1v) is 31.6. The third-order valence-corrected chi connectivity index (χ3v) is 13.4. The lowest BCUT2D eigenvalue weighted by Gasteiger charge is -2.21. The Bertz CT molecular complexity index is 1640. The average molecular weight is 1090 g/mol. The van der Waals surface area contributed by atoms with Crippen LogP contribution in [0.4, 0.5) is 0 Å². The van der Waals surface area contributed by atoms with Crippen molar-refractivity contribution >= 4 is 25.7 Å². The molecule has 0 rings (SSSR count). The number of rotatable bonds is 55. The zero-order valence-electron chi connectivity index (χ0n) is 48.2. The van der Waals surface area contributed by atoms with E-state index < -0.39 is 57.8 Å². The van der Waals surface area contributed by atoms with E-state index in [1.165, 1.54) is 96.3 Å². The Labute approximate surface area is 463 Å². The molecule has 0 bridgehead atoms. The van der Waals surface area contributed by atoms with Crippen LogP contribution in [0.15, 0.2) is 97.2 Å². The Kier molecular flexibility index (Phi) is 54.8. The van der Waals surface area contributed by atoms with Crippen molar-refractivity contribution in [3.63, 3.8) is 0 Å². The highest BCUT2D eigenvalue weighted by atomic mass is 31.2. The molecule has 436 valence electrons. The van der Waals surface area contributed by atoms with Crippen molar-refractivity contribution in [3.8, 4) is 0 Å². The number of allylic oxidation sites excluding steroid dienone is 15. The Hall–Kier alpha value is -3.60. The van der Waals surface area contributed by atoms with Crippen LogP contribution in [0.5, 0.6) is 0 Å². The molecule has 0 radical (unpaired) electrons. The second-order valence-corrected chi connectivity index (χ2v) is 21.2. The monoisotopic (exact) mass is 1080 g/mol. The van der Waals surface area contributed by atoms with Crippen LogP contribution in [-0.4, -0.2) is 66.5 Å². The topological polar surface area (TPSA) is 155 Å². The number of carbonyl (C=O) groups is 3. The number of aliphatic hydroxyl groups is 1. The van der Waals surface area contributed by atoms with Crippen molar-refractivity contribution in [2.45, 2.75) is 264 Å². The summed E-state index contributed by atoms with van der Waals surface area (Å²) in [6.07, 6.45) is 68.2. The third kappa shape index (κ3) is 55.2. The van der Waals surface area contributed by atoms with Crippen LogP contribution in [0, 0.1) is 0 Å². The smallest absolute Gasteiger partial charge is 0.462 e. The zero-order valence-corrected chi connectivity index (χ0v) is 49.1. The average Bonchev–Trinajstić information content (AvgIpc) is 3.41. The summed E-state index contributed by atoms with van der Waals surface area (Å²) in [5.41, 5.74) is 0.